The summed E-state index contributed by atoms with van der Waals surface area (Å²) in [5, 5.41) is 0. The maximum absolute atomic E-state index is 11.6. The standard InChI is InChI=1S/C16H30N2O3/c1-16(2,3)13(11-19)12(15(18)21)9-7-5-4-6-8-10-14(17)20/h11-13H,4-10H2,1-3H3,(H2,17,20)(H2,18,21). The third-order valence-electron chi connectivity index (χ3n) is 3.88. The van der Waals surface area contributed by atoms with Crippen LogP contribution in [0.3, 0.4) is 0 Å². The van der Waals surface area contributed by atoms with E-state index in [1.54, 1.807) is 0 Å². The molecule has 2 unspecified atom stereocenters. The minimum atomic E-state index is -0.395. The summed E-state index contributed by atoms with van der Waals surface area (Å²) < 4.78 is 0. The first kappa shape index (κ1) is 19.6. The summed E-state index contributed by atoms with van der Waals surface area (Å²) in [7, 11) is 0. The molecule has 5 nitrogen and oxygen atoms in total. The molecule has 0 aromatic rings. The van der Waals surface area contributed by atoms with Gasteiger partial charge in [0.1, 0.15) is 6.29 Å². The molecule has 0 heterocycles. The van der Waals surface area contributed by atoms with Crippen LogP contribution in [-0.2, 0) is 14.4 Å². The van der Waals surface area contributed by atoms with Gasteiger partial charge >= 0.3 is 0 Å². The lowest BCUT2D eigenvalue weighted by Gasteiger charge is -2.31. The summed E-state index contributed by atoms with van der Waals surface area (Å²) in [6, 6.07) is 0. The molecule has 2 atom stereocenters. The van der Waals surface area contributed by atoms with Crippen molar-refractivity contribution in [3.8, 4) is 0 Å². The van der Waals surface area contributed by atoms with Crippen molar-refractivity contribution < 1.29 is 14.4 Å². The lowest BCUT2D eigenvalue weighted by atomic mass is 9.72. The Morgan fingerprint density at radius 3 is 1.95 bits per heavy atom. The Labute approximate surface area is 127 Å². The molecule has 2 amide bonds. The molecule has 0 rings (SSSR count). The molecule has 0 saturated carbocycles. The number of hydrogen-bond acceptors (Lipinski definition) is 3. The zero-order valence-corrected chi connectivity index (χ0v) is 13.6. The number of rotatable bonds is 11. The molecule has 0 fully saturated rings. The molecule has 0 aromatic heterocycles. The van der Waals surface area contributed by atoms with Crippen LogP contribution < -0.4 is 11.5 Å². The van der Waals surface area contributed by atoms with Crippen molar-refractivity contribution in [1.82, 2.24) is 0 Å². The Kier molecular flexibility index (Phi) is 8.90. The first-order chi connectivity index (χ1) is 9.70. The zero-order chi connectivity index (χ0) is 16.5. The number of amides is 2. The van der Waals surface area contributed by atoms with Crippen molar-refractivity contribution in [2.75, 3.05) is 0 Å². The molecule has 0 bridgehead atoms. The molecule has 0 radical (unpaired) electrons. The number of nitrogens with two attached hydrogens (primary N) is 2. The van der Waals surface area contributed by atoms with Crippen LogP contribution in [0.4, 0.5) is 0 Å². The number of aldehydes is 1. The third-order valence-corrected chi connectivity index (χ3v) is 3.88. The molecule has 0 aromatic carbocycles. The smallest absolute Gasteiger partial charge is 0.221 e. The van der Waals surface area contributed by atoms with E-state index in [0.717, 1.165) is 38.4 Å². The molecular weight excluding hydrogens is 268 g/mol. The third kappa shape index (κ3) is 8.48. The lowest BCUT2D eigenvalue weighted by Crippen LogP contribution is -2.37. The highest BCUT2D eigenvalue weighted by Gasteiger charge is 2.34. The van der Waals surface area contributed by atoms with Gasteiger partial charge in [-0.2, -0.15) is 0 Å². The van der Waals surface area contributed by atoms with E-state index >= 15 is 0 Å². The van der Waals surface area contributed by atoms with Crippen molar-refractivity contribution in [3.63, 3.8) is 0 Å². The fraction of sp³-hybridized carbons (Fsp3) is 0.812. The Morgan fingerprint density at radius 2 is 1.52 bits per heavy atom. The Balaban J connectivity index is 4.15. The molecular formula is C16H30N2O3. The Bertz CT molecular complexity index is 348. The van der Waals surface area contributed by atoms with Crippen molar-refractivity contribution in [2.24, 2.45) is 28.7 Å². The number of hydrogen-bond donors (Lipinski definition) is 2. The lowest BCUT2D eigenvalue weighted by molar-refractivity contribution is -0.130. The second-order valence-electron chi connectivity index (χ2n) is 6.81. The van der Waals surface area contributed by atoms with Gasteiger partial charge in [0.15, 0.2) is 0 Å². The van der Waals surface area contributed by atoms with E-state index in [4.69, 9.17) is 11.5 Å². The van der Waals surface area contributed by atoms with E-state index in [-0.39, 0.29) is 17.2 Å². The average molecular weight is 298 g/mol. The molecule has 5 heteroatoms. The summed E-state index contributed by atoms with van der Waals surface area (Å²) in [4.78, 5) is 33.5. The number of carbonyl (C=O) groups excluding carboxylic acids is 3. The quantitative estimate of drug-likeness (QED) is 0.451. The van der Waals surface area contributed by atoms with E-state index in [1.165, 1.54) is 0 Å². The minimum absolute atomic E-state index is 0.261. The van der Waals surface area contributed by atoms with Crippen LogP contribution in [-0.4, -0.2) is 18.1 Å². The largest absolute Gasteiger partial charge is 0.370 e. The van der Waals surface area contributed by atoms with Gasteiger partial charge in [0, 0.05) is 18.3 Å². The van der Waals surface area contributed by atoms with Crippen LogP contribution in [0.5, 0.6) is 0 Å². The van der Waals surface area contributed by atoms with Crippen LogP contribution in [0, 0.1) is 17.3 Å². The van der Waals surface area contributed by atoms with E-state index in [9.17, 15) is 14.4 Å². The van der Waals surface area contributed by atoms with Gasteiger partial charge < -0.3 is 16.3 Å². The fourth-order valence-corrected chi connectivity index (χ4v) is 2.60. The molecule has 122 valence electrons. The molecule has 0 aliphatic rings. The van der Waals surface area contributed by atoms with Crippen molar-refractivity contribution in [3.05, 3.63) is 0 Å². The van der Waals surface area contributed by atoms with Gasteiger partial charge in [0.05, 0.1) is 0 Å². The van der Waals surface area contributed by atoms with E-state index < -0.39 is 11.8 Å². The first-order valence-electron chi connectivity index (χ1n) is 7.73. The van der Waals surface area contributed by atoms with E-state index in [0.29, 0.717) is 12.8 Å². The topological polar surface area (TPSA) is 103 Å². The van der Waals surface area contributed by atoms with Gasteiger partial charge in [0.2, 0.25) is 11.8 Å². The zero-order valence-electron chi connectivity index (χ0n) is 13.6. The van der Waals surface area contributed by atoms with Gasteiger partial charge in [-0.25, -0.2) is 0 Å². The fourth-order valence-electron chi connectivity index (χ4n) is 2.60. The molecule has 0 aliphatic heterocycles. The molecule has 4 N–H and O–H groups in total. The summed E-state index contributed by atoms with van der Waals surface area (Å²) in [6.45, 7) is 5.85. The highest BCUT2D eigenvalue weighted by Crippen LogP contribution is 2.33. The Morgan fingerprint density at radius 1 is 1.00 bits per heavy atom. The molecule has 21 heavy (non-hydrogen) atoms. The number of unbranched alkanes of at least 4 members (excludes halogenated alkanes) is 4. The SMILES string of the molecule is CC(C)(C)C(C=O)C(CCCCCCCC(N)=O)C(N)=O. The van der Waals surface area contributed by atoms with Gasteiger partial charge in [-0.1, -0.05) is 46.5 Å². The summed E-state index contributed by atoms with van der Waals surface area (Å²) in [6.07, 6.45) is 6.55. The normalized spacial score (nSPS) is 14.4. The second kappa shape index (κ2) is 9.53. The van der Waals surface area contributed by atoms with Crippen LogP contribution in [0.25, 0.3) is 0 Å². The predicted octanol–water partition coefficient (Wildman–Crippen LogP) is 2.17. The second-order valence-corrected chi connectivity index (χ2v) is 6.81. The Hall–Kier alpha value is -1.39. The summed E-state index contributed by atoms with van der Waals surface area (Å²) >= 11 is 0. The number of primary amides is 2. The maximum atomic E-state index is 11.6. The van der Waals surface area contributed by atoms with Crippen LogP contribution in [0.1, 0.15) is 65.7 Å². The van der Waals surface area contributed by atoms with Crippen molar-refractivity contribution >= 4 is 18.1 Å². The molecule has 0 saturated heterocycles. The van der Waals surface area contributed by atoms with E-state index in [1.807, 2.05) is 20.8 Å². The molecule has 0 aliphatic carbocycles. The monoisotopic (exact) mass is 298 g/mol. The summed E-state index contributed by atoms with van der Waals surface area (Å²) in [5.41, 5.74) is 10.3. The summed E-state index contributed by atoms with van der Waals surface area (Å²) in [5.74, 6) is -1.39. The van der Waals surface area contributed by atoms with Gasteiger partial charge in [-0.05, 0) is 18.3 Å². The minimum Gasteiger partial charge on any atom is -0.370 e. The maximum Gasteiger partial charge on any atom is 0.221 e. The van der Waals surface area contributed by atoms with Crippen molar-refractivity contribution in [1.29, 1.82) is 0 Å². The van der Waals surface area contributed by atoms with Crippen molar-refractivity contribution in [2.45, 2.75) is 65.7 Å². The van der Waals surface area contributed by atoms with Crippen LogP contribution in [0.15, 0.2) is 0 Å². The highest BCUT2D eigenvalue weighted by molar-refractivity contribution is 5.80. The average Bonchev–Trinajstić information content (AvgIpc) is 2.33. The van der Waals surface area contributed by atoms with Crippen LogP contribution in [0.2, 0.25) is 0 Å². The first-order valence-corrected chi connectivity index (χ1v) is 7.73. The predicted molar refractivity (Wildman–Crippen MR) is 83.2 cm³/mol. The van der Waals surface area contributed by atoms with Gasteiger partial charge in [-0.3, -0.25) is 9.59 Å². The number of carbonyl (C=O) groups is 3. The highest BCUT2D eigenvalue weighted by atomic mass is 16.1. The van der Waals surface area contributed by atoms with Gasteiger partial charge in [-0.15, -0.1) is 0 Å². The molecule has 0 spiro atoms. The van der Waals surface area contributed by atoms with E-state index in [2.05, 4.69) is 0 Å². The van der Waals surface area contributed by atoms with Gasteiger partial charge in [0.25, 0.3) is 0 Å². The van der Waals surface area contributed by atoms with Crippen LogP contribution >= 0.6 is 0 Å².